The summed E-state index contributed by atoms with van der Waals surface area (Å²) in [5.74, 6) is 1.09. The third kappa shape index (κ3) is 5.26. The fourth-order valence-corrected chi connectivity index (χ4v) is 4.97. The lowest BCUT2D eigenvalue weighted by molar-refractivity contribution is -0.142. The number of carbonyl (C=O) groups excluding carboxylic acids is 2. The fourth-order valence-electron chi connectivity index (χ4n) is 4.97. The van der Waals surface area contributed by atoms with Crippen molar-refractivity contribution in [1.82, 2.24) is 29.7 Å². The minimum atomic E-state index is -0.324. The van der Waals surface area contributed by atoms with Crippen molar-refractivity contribution in [3.8, 4) is 17.1 Å². The lowest BCUT2D eigenvalue weighted by Crippen LogP contribution is -2.52. The lowest BCUT2D eigenvalue weighted by atomic mass is 10.2. The van der Waals surface area contributed by atoms with Gasteiger partial charge in [-0.1, -0.05) is 0 Å². The molecule has 2 aliphatic heterocycles. The maximum Gasteiger partial charge on any atom is 0.270 e. The number of hydrogen-bond donors (Lipinski definition) is 2. The normalized spacial score (nSPS) is 17.4. The zero-order valence-electron chi connectivity index (χ0n) is 21.6. The van der Waals surface area contributed by atoms with Gasteiger partial charge in [0.2, 0.25) is 5.95 Å². The number of rotatable bonds is 6. The molecule has 5 heterocycles. The molecule has 0 bridgehead atoms. The van der Waals surface area contributed by atoms with E-state index in [1.807, 2.05) is 35.2 Å². The number of amides is 2. The molecule has 2 aliphatic rings. The molecule has 200 valence electrons. The van der Waals surface area contributed by atoms with Crippen LogP contribution in [0.1, 0.15) is 23.3 Å². The van der Waals surface area contributed by atoms with Gasteiger partial charge in [-0.3, -0.25) is 14.6 Å². The zero-order valence-corrected chi connectivity index (χ0v) is 21.6. The summed E-state index contributed by atoms with van der Waals surface area (Å²) in [7, 11) is 1.61. The average molecular weight is 528 g/mol. The van der Waals surface area contributed by atoms with Crippen molar-refractivity contribution in [3.63, 3.8) is 0 Å². The summed E-state index contributed by atoms with van der Waals surface area (Å²) >= 11 is 0. The van der Waals surface area contributed by atoms with Gasteiger partial charge in [0.25, 0.3) is 11.8 Å². The first-order valence-electron chi connectivity index (χ1n) is 13.0. The predicted molar refractivity (Wildman–Crippen MR) is 145 cm³/mol. The number of nitrogens with zero attached hydrogens (tertiary/aromatic N) is 5. The molecule has 2 amide bonds. The number of aromatic amines is 1. The second kappa shape index (κ2) is 10.7. The van der Waals surface area contributed by atoms with Gasteiger partial charge in [-0.15, -0.1) is 0 Å². The molecule has 4 aromatic rings. The summed E-state index contributed by atoms with van der Waals surface area (Å²) in [6.45, 7) is 2.67. The van der Waals surface area contributed by atoms with Gasteiger partial charge in [0.05, 0.1) is 18.5 Å². The van der Waals surface area contributed by atoms with Crippen molar-refractivity contribution in [2.75, 3.05) is 45.2 Å². The molecule has 0 spiro atoms. The van der Waals surface area contributed by atoms with Crippen LogP contribution in [0.2, 0.25) is 0 Å². The van der Waals surface area contributed by atoms with E-state index < -0.39 is 0 Å². The van der Waals surface area contributed by atoms with E-state index in [2.05, 4.69) is 25.3 Å². The molecular formula is C28H29N7O4. The highest BCUT2D eigenvalue weighted by Crippen LogP contribution is 2.25. The first kappa shape index (κ1) is 24.8. The van der Waals surface area contributed by atoms with E-state index in [-0.39, 0.29) is 17.9 Å². The van der Waals surface area contributed by atoms with E-state index >= 15 is 0 Å². The molecular weight excluding hydrogens is 498 g/mol. The Balaban J connectivity index is 1.12. The second-order valence-corrected chi connectivity index (χ2v) is 9.58. The van der Waals surface area contributed by atoms with Gasteiger partial charge in [0, 0.05) is 67.8 Å². The van der Waals surface area contributed by atoms with E-state index in [1.54, 1.807) is 36.5 Å². The van der Waals surface area contributed by atoms with Gasteiger partial charge >= 0.3 is 0 Å². The van der Waals surface area contributed by atoms with Crippen LogP contribution in [-0.2, 0) is 9.53 Å². The summed E-state index contributed by atoms with van der Waals surface area (Å²) in [5, 5.41) is 4.13. The van der Waals surface area contributed by atoms with E-state index in [9.17, 15) is 9.59 Å². The van der Waals surface area contributed by atoms with Gasteiger partial charge in [0.15, 0.2) is 0 Å². The van der Waals surface area contributed by atoms with Crippen molar-refractivity contribution >= 4 is 34.4 Å². The predicted octanol–water partition coefficient (Wildman–Crippen LogP) is 3.24. The SMILES string of the molecule is COc1ccnc(-c2ccnc(Nc3ccc4[nH]c(C(=O)N5CCN(C(=O)[C@H]6CCCO6)CC5)cc4c3)n2)c1. The molecule has 2 saturated heterocycles. The van der Waals surface area contributed by atoms with Gasteiger partial charge in [0.1, 0.15) is 17.5 Å². The van der Waals surface area contributed by atoms with Crippen LogP contribution in [0.3, 0.4) is 0 Å². The van der Waals surface area contributed by atoms with Crippen LogP contribution in [0.15, 0.2) is 54.9 Å². The first-order chi connectivity index (χ1) is 19.1. The average Bonchev–Trinajstić information content (AvgIpc) is 3.67. The van der Waals surface area contributed by atoms with Crippen molar-refractivity contribution in [1.29, 1.82) is 0 Å². The molecule has 0 aliphatic carbocycles. The number of H-pyrrole nitrogens is 1. The highest BCUT2D eigenvalue weighted by Gasteiger charge is 2.31. The molecule has 0 radical (unpaired) electrons. The van der Waals surface area contributed by atoms with Gasteiger partial charge < -0.3 is 29.6 Å². The Morgan fingerprint density at radius 1 is 1.00 bits per heavy atom. The molecule has 1 aromatic carbocycles. The number of pyridine rings is 1. The molecule has 3 aromatic heterocycles. The van der Waals surface area contributed by atoms with Crippen molar-refractivity contribution < 1.29 is 19.1 Å². The quantitative estimate of drug-likeness (QED) is 0.392. The summed E-state index contributed by atoms with van der Waals surface area (Å²) < 4.78 is 10.8. The van der Waals surface area contributed by atoms with Crippen molar-refractivity contribution in [3.05, 3.63) is 60.6 Å². The Bertz CT molecular complexity index is 1510. The van der Waals surface area contributed by atoms with Crippen molar-refractivity contribution in [2.45, 2.75) is 18.9 Å². The van der Waals surface area contributed by atoms with Gasteiger partial charge in [-0.2, -0.15) is 0 Å². The molecule has 0 unspecified atom stereocenters. The molecule has 2 fully saturated rings. The summed E-state index contributed by atoms with van der Waals surface area (Å²) in [5.41, 5.74) is 3.51. The second-order valence-electron chi connectivity index (χ2n) is 9.58. The standard InChI is InChI=1S/C28H29N7O4/c1-38-20-6-8-29-23(17-20)22-7-9-30-28(33-22)31-19-4-5-21-18(15-19)16-24(32-21)26(36)34-10-12-35(13-11-34)27(37)25-3-2-14-39-25/h4-9,15-17,25,32H,2-3,10-14H2,1H3,(H,30,31,33)/t25-/m1/s1. The minimum absolute atomic E-state index is 0.0412. The summed E-state index contributed by atoms with van der Waals surface area (Å²) in [6.07, 6.45) is 4.72. The summed E-state index contributed by atoms with van der Waals surface area (Å²) in [4.78, 5) is 45.9. The van der Waals surface area contributed by atoms with E-state index in [0.29, 0.717) is 61.6 Å². The maximum atomic E-state index is 13.2. The number of fused-ring (bicyclic) bond motifs is 1. The number of ether oxygens (including phenoxy) is 2. The molecule has 11 nitrogen and oxygen atoms in total. The number of hydrogen-bond acceptors (Lipinski definition) is 8. The largest absolute Gasteiger partial charge is 0.497 e. The van der Waals surface area contributed by atoms with Gasteiger partial charge in [-0.05, 0) is 49.2 Å². The van der Waals surface area contributed by atoms with E-state index in [4.69, 9.17) is 9.47 Å². The van der Waals surface area contributed by atoms with Crippen LogP contribution in [-0.4, -0.2) is 87.5 Å². The Hall–Kier alpha value is -4.51. The van der Waals surface area contributed by atoms with Crippen LogP contribution in [0.25, 0.3) is 22.3 Å². The highest BCUT2D eigenvalue weighted by atomic mass is 16.5. The fraction of sp³-hybridized carbons (Fsp3) is 0.321. The smallest absolute Gasteiger partial charge is 0.270 e. The summed E-state index contributed by atoms with van der Waals surface area (Å²) in [6, 6.07) is 13.0. The van der Waals surface area contributed by atoms with Crippen LogP contribution in [0.5, 0.6) is 5.75 Å². The maximum absolute atomic E-state index is 13.2. The van der Waals surface area contributed by atoms with Crippen molar-refractivity contribution in [2.24, 2.45) is 0 Å². The number of piperazine rings is 1. The molecule has 0 saturated carbocycles. The number of nitrogens with one attached hydrogen (secondary N) is 2. The van der Waals surface area contributed by atoms with Crippen LogP contribution >= 0.6 is 0 Å². The monoisotopic (exact) mass is 527 g/mol. The molecule has 1 atom stereocenters. The van der Waals surface area contributed by atoms with E-state index in [0.717, 1.165) is 29.4 Å². The minimum Gasteiger partial charge on any atom is -0.497 e. The topological polar surface area (TPSA) is 126 Å². The Morgan fingerprint density at radius 2 is 1.82 bits per heavy atom. The van der Waals surface area contributed by atoms with E-state index in [1.165, 1.54) is 0 Å². The molecule has 6 rings (SSSR count). The Labute approximate surface area is 225 Å². The third-order valence-electron chi connectivity index (χ3n) is 7.08. The number of methoxy groups -OCH3 is 1. The van der Waals surface area contributed by atoms with Crippen LogP contribution in [0.4, 0.5) is 11.6 Å². The number of carbonyl (C=O) groups is 2. The van der Waals surface area contributed by atoms with Crippen LogP contribution < -0.4 is 10.1 Å². The number of aromatic nitrogens is 4. The molecule has 2 N–H and O–H groups in total. The third-order valence-corrected chi connectivity index (χ3v) is 7.08. The highest BCUT2D eigenvalue weighted by molar-refractivity contribution is 5.99. The first-order valence-corrected chi connectivity index (χ1v) is 13.0. The van der Waals surface area contributed by atoms with Crippen LogP contribution in [0, 0.1) is 0 Å². The Kier molecular flexibility index (Phi) is 6.80. The molecule has 39 heavy (non-hydrogen) atoms. The zero-order chi connectivity index (χ0) is 26.8. The van der Waals surface area contributed by atoms with Gasteiger partial charge in [-0.25, -0.2) is 9.97 Å². The Morgan fingerprint density at radius 3 is 2.62 bits per heavy atom. The number of benzene rings is 1. The number of anilines is 2. The lowest BCUT2D eigenvalue weighted by Gasteiger charge is -2.35. The molecule has 11 heteroatoms.